The maximum absolute atomic E-state index is 8.85. The normalized spacial score (nSPS) is 33.3. The number of halogens is 1. The number of aliphatic imine (C=N–C) groups is 1. The first kappa shape index (κ1) is 26.9. The summed E-state index contributed by atoms with van der Waals surface area (Å²) in [4.78, 5) is 8.29. The van der Waals surface area contributed by atoms with Crippen LogP contribution in [0.5, 0.6) is 0 Å². The second kappa shape index (κ2) is 12.9. The predicted molar refractivity (Wildman–Crippen MR) is 141 cm³/mol. The van der Waals surface area contributed by atoms with Crippen LogP contribution in [0, 0.1) is 41.4 Å². The van der Waals surface area contributed by atoms with Crippen LogP contribution in [0.4, 0.5) is 0 Å². The van der Waals surface area contributed by atoms with E-state index in [4.69, 9.17) is 21.4 Å². The molecule has 1 aromatic heterocycles. The zero-order valence-corrected chi connectivity index (χ0v) is 20.6. The summed E-state index contributed by atoms with van der Waals surface area (Å²) >= 11 is 5.49. The largest absolute Gasteiger partial charge is 0.396 e. The van der Waals surface area contributed by atoms with E-state index in [1.54, 1.807) is 6.20 Å². The lowest BCUT2D eigenvalue weighted by molar-refractivity contribution is 0.118. The zero-order valence-electron chi connectivity index (χ0n) is 19.9. The zero-order chi connectivity index (χ0) is 23.2. The van der Waals surface area contributed by atoms with Crippen molar-refractivity contribution in [3.63, 3.8) is 0 Å². The minimum Gasteiger partial charge on any atom is -0.396 e. The molecule has 4 aliphatic carbocycles. The van der Waals surface area contributed by atoms with Crippen molar-refractivity contribution >= 4 is 17.3 Å². The van der Waals surface area contributed by atoms with Crippen LogP contribution in [-0.2, 0) is 17.7 Å². The van der Waals surface area contributed by atoms with Crippen molar-refractivity contribution in [2.75, 3.05) is 19.8 Å². The molecule has 188 valence electrons. The SMILES string of the molecule is C.CC1C=CN=C1COCC1CC2C=CC1C2.Cn1ccnc1CCl.OCC1CC2C=CC1C2. The Hall–Kier alpha value is -1.69. The summed E-state index contributed by atoms with van der Waals surface area (Å²) in [5.74, 6) is 6.41. The van der Waals surface area contributed by atoms with Gasteiger partial charge in [-0.3, -0.25) is 4.99 Å². The molecule has 0 radical (unpaired) electrons. The molecule has 1 N–H and O–H groups in total. The summed E-state index contributed by atoms with van der Waals surface area (Å²) in [7, 11) is 1.92. The molecule has 0 amide bonds. The van der Waals surface area contributed by atoms with Gasteiger partial charge < -0.3 is 14.4 Å². The van der Waals surface area contributed by atoms with E-state index in [0.29, 0.717) is 30.9 Å². The highest BCUT2D eigenvalue weighted by molar-refractivity contribution is 6.16. The third-order valence-electron chi connectivity index (χ3n) is 7.83. The molecule has 4 bridgehead atoms. The second-order valence-electron chi connectivity index (χ2n) is 10.1. The summed E-state index contributed by atoms with van der Waals surface area (Å²) in [6.07, 6.45) is 22.2. The molecule has 6 rings (SSSR count). The Balaban J connectivity index is 0.000000154. The lowest BCUT2D eigenvalue weighted by Crippen LogP contribution is -2.19. The van der Waals surface area contributed by atoms with Crippen LogP contribution < -0.4 is 0 Å². The smallest absolute Gasteiger partial charge is 0.123 e. The molecule has 6 heteroatoms. The maximum Gasteiger partial charge on any atom is 0.123 e. The second-order valence-corrected chi connectivity index (χ2v) is 10.4. The number of hydrogen-bond donors (Lipinski definition) is 1. The quantitative estimate of drug-likeness (QED) is 0.407. The van der Waals surface area contributed by atoms with Crippen LogP contribution in [0.3, 0.4) is 0 Å². The highest BCUT2D eigenvalue weighted by atomic mass is 35.5. The van der Waals surface area contributed by atoms with E-state index >= 15 is 0 Å². The molecule has 0 saturated heterocycles. The number of imidazole rings is 1. The maximum atomic E-state index is 8.85. The van der Waals surface area contributed by atoms with E-state index < -0.39 is 0 Å². The fraction of sp³-hybridized carbons (Fsp3) is 0.643. The summed E-state index contributed by atoms with van der Waals surface area (Å²) in [5, 5.41) is 8.85. The number of hydrogen-bond acceptors (Lipinski definition) is 4. The number of rotatable bonds is 6. The van der Waals surface area contributed by atoms with Crippen molar-refractivity contribution in [2.45, 2.75) is 45.9 Å². The van der Waals surface area contributed by atoms with Gasteiger partial charge in [-0.25, -0.2) is 4.98 Å². The standard InChI is InChI=1S/C14H19NO.C8H12O.C5H7ClN2.CH4/c1-10-4-5-15-14(10)9-16-8-13-7-11-2-3-12(13)6-11;9-5-8-4-6-1-2-7(8)3-6;1-8-3-2-7-5(8)4-6;/h2-5,10-13H,6-9H2,1H3;1-2,6-9H,3-5H2;2-3H,4H2,1H3;1H4. The van der Waals surface area contributed by atoms with Crippen LogP contribution >= 0.6 is 11.6 Å². The molecule has 34 heavy (non-hydrogen) atoms. The number of allylic oxidation sites excluding steroid dienone is 5. The van der Waals surface area contributed by atoms with Crippen LogP contribution in [0.2, 0.25) is 0 Å². The van der Waals surface area contributed by atoms with Crippen molar-refractivity contribution in [3.05, 3.63) is 54.8 Å². The third kappa shape index (κ3) is 6.71. The van der Waals surface area contributed by atoms with Gasteiger partial charge in [-0.15, -0.1) is 11.6 Å². The van der Waals surface area contributed by atoms with E-state index in [1.807, 2.05) is 24.0 Å². The molecule has 7 atom stereocenters. The average molecular weight is 488 g/mol. The van der Waals surface area contributed by atoms with Gasteiger partial charge in [0.05, 0.1) is 24.8 Å². The highest BCUT2D eigenvalue weighted by Gasteiger charge is 2.36. The average Bonchev–Trinajstić information content (AvgIpc) is 3.65. The fourth-order valence-corrected chi connectivity index (χ4v) is 5.95. The number of aliphatic hydroxyl groups excluding tert-OH is 1. The molecule has 2 saturated carbocycles. The molecule has 5 nitrogen and oxygen atoms in total. The number of aromatic nitrogens is 2. The van der Waals surface area contributed by atoms with Crippen LogP contribution in [0.1, 0.15) is 45.9 Å². The molecular weight excluding hydrogens is 446 g/mol. The number of alkyl halides is 1. The molecule has 1 aliphatic heterocycles. The molecule has 2 fully saturated rings. The summed E-state index contributed by atoms with van der Waals surface area (Å²) in [5.41, 5.74) is 1.18. The molecule has 0 spiro atoms. The first-order valence-corrected chi connectivity index (χ1v) is 12.9. The van der Waals surface area contributed by atoms with Crippen molar-refractivity contribution < 1.29 is 9.84 Å². The minimum absolute atomic E-state index is 0. The van der Waals surface area contributed by atoms with Gasteiger partial charge in [0.2, 0.25) is 0 Å². The van der Waals surface area contributed by atoms with Gasteiger partial charge in [0.25, 0.3) is 0 Å². The lowest BCUT2D eigenvalue weighted by Gasteiger charge is -2.18. The number of aryl methyl sites for hydroxylation is 1. The number of nitrogens with zero attached hydrogens (tertiary/aromatic N) is 3. The first-order chi connectivity index (χ1) is 16.1. The first-order valence-electron chi connectivity index (χ1n) is 12.4. The Morgan fingerprint density at radius 1 is 1.03 bits per heavy atom. The molecular formula is C28H42ClN3O2. The van der Waals surface area contributed by atoms with E-state index in [2.05, 4.69) is 47.3 Å². The van der Waals surface area contributed by atoms with Gasteiger partial charge in [0, 0.05) is 38.2 Å². The third-order valence-corrected chi connectivity index (χ3v) is 8.07. The summed E-state index contributed by atoms with van der Waals surface area (Å²) in [6.45, 7) is 4.19. The number of fused-ring (bicyclic) bond motifs is 4. The molecule has 7 unspecified atom stereocenters. The Morgan fingerprint density at radius 3 is 2.09 bits per heavy atom. The number of aliphatic hydroxyl groups is 1. The Labute approximate surface area is 210 Å². The van der Waals surface area contributed by atoms with E-state index in [0.717, 1.165) is 42.0 Å². The minimum atomic E-state index is 0. The molecule has 2 heterocycles. The van der Waals surface area contributed by atoms with Gasteiger partial charge in [-0.1, -0.05) is 44.7 Å². The summed E-state index contributed by atoms with van der Waals surface area (Å²) < 4.78 is 7.72. The molecule has 5 aliphatic rings. The summed E-state index contributed by atoms with van der Waals surface area (Å²) in [6, 6.07) is 0. The van der Waals surface area contributed by atoms with E-state index in [1.165, 1.54) is 31.4 Å². The predicted octanol–water partition coefficient (Wildman–Crippen LogP) is 5.81. The van der Waals surface area contributed by atoms with Crippen LogP contribution in [0.25, 0.3) is 0 Å². The van der Waals surface area contributed by atoms with Crippen molar-refractivity contribution in [2.24, 2.45) is 53.5 Å². The van der Waals surface area contributed by atoms with E-state index in [9.17, 15) is 0 Å². The van der Waals surface area contributed by atoms with Gasteiger partial charge in [-0.2, -0.15) is 0 Å². The van der Waals surface area contributed by atoms with Crippen molar-refractivity contribution in [3.8, 4) is 0 Å². The topological polar surface area (TPSA) is 59.6 Å². The molecule has 0 aromatic carbocycles. The van der Waals surface area contributed by atoms with Gasteiger partial charge in [0.1, 0.15) is 5.82 Å². The number of ether oxygens (including phenoxy) is 1. The Bertz CT molecular complexity index is 890. The van der Waals surface area contributed by atoms with E-state index in [-0.39, 0.29) is 7.43 Å². The fourth-order valence-electron chi connectivity index (χ4n) is 5.70. The van der Waals surface area contributed by atoms with Crippen LogP contribution in [-0.4, -0.2) is 40.2 Å². The lowest BCUT2D eigenvalue weighted by atomic mass is 9.94. The van der Waals surface area contributed by atoms with Crippen molar-refractivity contribution in [1.29, 1.82) is 0 Å². The Kier molecular flexibility index (Phi) is 10.2. The van der Waals surface area contributed by atoms with Crippen LogP contribution in [0.15, 0.2) is 54.0 Å². The van der Waals surface area contributed by atoms with Gasteiger partial charge in [0.15, 0.2) is 0 Å². The monoisotopic (exact) mass is 487 g/mol. The highest BCUT2D eigenvalue weighted by Crippen LogP contribution is 2.43. The Morgan fingerprint density at radius 2 is 1.71 bits per heavy atom. The van der Waals surface area contributed by atoms with Gasteiger partial charge >= 0.3 is 0 Å². The van der Waals surface area contributed by atoms with Gasteiger partial charge in [-0.05, 0) is 61.2 Å². The van der Waals surface area contributed by atoms with Crippen molar-refractivity contribution in [1.82, 2.24) is 9.55 Å². The molecule has 1 aromatic rings.